The maximum absolute atomic E-state index is 14.5. The Morgan fingerprint density at radius 1 is 1.17 bits per heavy atom. The molecule has 0 fully saturated rings. The molecule has 9 heteroatoms. The number of rotatable bonds is 10. The smallest absolute Gasteiger partial charge is 0.219 e. The summed E-state index contributed by atoms with van der Waals surface area (Å²) in [5, 5.41) is 5.03. The number of hydrogen-bond donors (Lipinski definition) is 3. The van der Waals surface area contributed by atoms with Crippen LogP contribution in [0.15, 0.2) is 24.3 Å². The third-order valence-corrected chi connectivity index (χ3v) is 4.04. The van der Waals surface area contributed by atoms with Crippen LogP contribution in [-0.4, -0.2) is 25.3 Å². The number of hydrogen-bond acceptors (Lipinski definition) is 5. The van der Waals surface area contributed by atoms with Gasteiger partial charge >= 0.3 is 0 Å². The predicted octanol–water partition coefficient (Wildman–Crippen LogP) is 3.52. The van der Waals surface area contributed by atoms with E-state index in [0.717, 1.165) is 6.07 Å². The first-order valence-corrected chi connectivity index (χ1v) is 8.97. The van der Waals surface area contributed by atoms with Gasteiger partial charge in [0, 0.05) is 30.6 Å². The van der Waals surface area contributed by atoms with Crippen molar-refractivity contribution in [1.82, 2.24) is 10.8 Å². The average Bonchev–Trinajstić information content (AvgIpc) is 2.70. The van der Waals surface area contributed by atoms with E-state index in [9.17, 15) is 22.8 Å². The minimum absolute atomic E-state index is 0.0830. The van der Waals surface area contributed by atoms with Crippen molar-refractivity contribution in [3.63, 3.8) is 0 Å². The molecule has 0 aromatic heterocycles. The van der Waals surface area contributed by atoms with Crippen LogP contribution in [0.3, 0.4) is 0 Å². The largest absolute Gasteiger partial charge is 0.354 e. The quantitative estimate of drug-likeness (QED) is 0.318. The number of hydroxylamine groups is 1. The van der Waals surface area contributed by atoms with Gasteiger partial charge in [0.1, 0.15) is 5.82 Å². The molecule has 2 aromatic carbocycles. The molecule has 0 aliphatic rings. The molecule has 1 amide bonds. The third-order valence-electron chi connectivity index (χ3n) is 4.04. The topological polar surface area (TPSA) is 79.5 Å². The van der Waals surface area contributed by atoms with E-state index in [4.69, 9.17) is 4.84 Å². The van der Waals surface area contributed by atoms with Gasteiger partial charge in [-0.15, -0.1) is 0 Å². The highest BCUT2D eigenvalue weighted by molar-refractivity contribution is 5.86. The standard InChI is InChI=1S/C20H22F3N3O3/c1-3-17(28)24-6-7-29-25-10-13-9-14(11-27)20(19(23)18(13)22)26-16-5-4-12(2)8-15(16)21/h4-5,8-9,11,25-26H,3,6-7,10H2,1-2H3,(H,24,28). The van der Waals surface area contributed by atoms with Crippen LogP contribution in [-0.2, 0) is 16.2 Å². The summed E-state index contributed by atoms with van der Waals surface area (Å²) in [6.45, 7) is 3.54. The van der Waals surface area contributed by atoms with Crippen molar-refractivity contribution in [2.75, 3.05) is 18.5 Å². The zero-order valence-electron chi connectivity index (χ0n) is 16.1. The van der Waals surface area contributed by atoms with Crippen molar-refractivity contribution in [1.29, 1.82) is 0 Å². The lowest BCUT2D eigenvalue weighted by Gasteiger charge is -2.15. The van der Waals surface area contributed by atoms with E-state index < -0.39 is 23.1 Å². The number of aryl methyl sites for hydroxylation is 1. The summed E-state index contributed by atoms with van der Waals surface area (Å²) in [5.74, 6) is -3.29. The summed E-state index contributed by atoms with van der Waals surface area (Å²) in [5.41, 5.74) is 2.25. The molecule has 2 aromatic rings. The van der Waals surface area contributed by atoms with Gasteiger partial charge in [-0.05, 0) is 30.7 Å². The van der Waals surface area contributed by atoms with Gasteiger partial charge in [0.2, 0.25) is 5.91 Å². The first-order valence-electron chi connectivity index (χ1n) is 8.97. The van der Waals surface area contributed by atoms with Crippen molar-refractivity contribution >= 4 is 23.6 Å². The zero-order chi connectivity index (χ0) is 21.4. The average molecular weight is 409 g/mol. The van der Waals surface area contributed by atoms with Crippen molar-refractivity contribution in [3.05, 3.63) is 58.4 Å². The fraction of sp³-hybridized carbons (Fsp3) is 0.300. The molecule has 0 atom stereocenters. The first kappa shape index (κ1) is 22.4. The molecule has 0 saturated heterocycles. The molecule has 0 radical (unpaired) electrons. The van der Waals surface area contributed by atoms with Crippen LogP contribution in [0.1, 0.15) is 34.8 Å². The van der Waals surface area contributed by atoms with Gasteiger partial charge < -0.3 is 10.6 Å². The minimum atomic E-state index is -1.30. The molecule has 0 aliphatic carbocycles. The van der Waals surface area contributed by atoms with Crippen molar-refractivity contribution in [2.24, 2.45) is 0 Å². The van der Waals surface area contributed by atoms with Crippen LogP contribution in [0.5, 0.6) is 0 Å². The molecular weight excluding hydrogens is 387 g/mol. The van der Waals surface area contributed by atoms with Gasteiger partial charge in [-0.2, -0.15) is 5.48 Å². The van der Waals surface area contributed by atoms with Crippen LogP contribution < -0.4 is 16.1 Å². The number of aldehydes is 1. The van der Waals surface area contributed by atoms with Gasteiger partial charge in [-0.25, -0.2) is 13.2 Å². The molecule has 2 rings (SSSR count). The van der Waals surface area contributed by atoms with E-state index >= 15 is 0 Å². The van der Waals surface area contributed by atoms with E-state index in [1.165, 1.54) is 12.1 Å². The highest BCUT2D eigenvalue weighted by Crippen LogP contribution is 2.29. The van der Waals surface area contributed by atoms with E-state index in [-0.39, 0.29) is 42.4 Å². The molecule has 6 nitrogen and oxygen atoms in total. The fourth-order valence-corrected chi connectivity index (χ4v) is 2.47. The number of amides is 1. The molecule has 156 valence electrons. The molecule has 0 aliphatic heterocycles. The molecule has 29 heavy (non-hydrogen) atoms. The highest BCUT2D eigenvalue weighted by Gasteiger charge is 2.19. The Bertz CT molecular complexity index is 891. The highest BCUT2D eigenvalue weighted by atomic mass is 19.2. The van der Waals surface area contributed by atoms with Gasteiger partial charge in [0.05, 0.1) is 18.0 Å². The van der Waals surface area contributed by atoms with Gasteiger partial charge in [0.15, 0.2) is 17.9 Å². The van der Waals surface area contributed by atoms with Crippen LogP contribution >= 0.6 is 0 Å². The normalized spacial score (nSPS) is 10.7. The maximum atomic E-state index is 14.5. The minimum Gasteiger partial charge on any atom is -0.354 e. The molecule has 0 heterocycles. The molecule has 0 unspecified atom stereocenters. The molecule has 0 spiro atoms. The van der Waals surface area contributed by atoms with Crippen LogP contribution in [0.25, 0.3) is 0 Å². The molecule has 0 saturated carbocycles. The number of halogens is 3. The van der Waals surface area contributed by atoms with Crippen molar-refractivity contribution < 1.29 is 27.6 Å². The summed E-state index contributed by atoms with van der Waals surface area (Å²) in [4.78, 5) is 27.5. The number of anilines is 2. The third kappa shape index (κ3) is 6.03. The fourth-order valence-electron chi connectivity index (χ4n) is 2.47. The summed E-state index contributed by atoms with van der Waals surface area (Å²) in [6, 6.07) is 5.35. The summed E-state index contributed by atoms with van der Waals surface area (Å²) < 4.78 is 42.9. The zero-order valence-corrected chi connectivity index (χ0v) is 16.1. The number of carbonyl (C=O) groups excluding carboxylic acids is 2. The lowest BCUT2D eigenvalue weighted by molar-refractivity contribution is -0.121. The molecule has 3 N–H and O–H groups in total. The molecular formula is C20H22F3N3O3. The summed E-state index contributed by atoms with van der Waals surface area (Å²) >= 11 is 0. The monoisotopic (exact) mass is 409 g/mol. The van der Waals surface area contributed by atoms with Crippen LogP contribution in [0.2, 0.25) is 0 Å². The lowest BCUT2D eigenvalue weighted by atomic mass is 10.1. The second kappa shape index (κ2) is 10.6. The number of nitrogens with one attached hydrogen (secondary N) is 3. The van der Waals surface area contributed by atoms with Gasteiger partial charge in [-0.3, -0.25) is 14.4 Å². The van der Waals surface area contributed by atoms with Crippen molar-refractivity contribution in [2.45, 2.75) is 26.8 Å². The Kier molecular flexibility index (Phi) is 8.17. The van der Waals surface area contributed by atoms with Crippen LogP contribution in [0, 0.1) is 24.4 Å². The van der Waals surface area contributed by atoms with Crippen LogP contribution in [0.4, 0.5) is 24.5 Å². The van der Waals surface area contributed by atoms with Gasteiger partial charge in [0.25, 0.3) is 0 Å². The second-order valence-electron chi connectivity index (χ2n) is 6.23. The van der Waals surface area contributed by atoms with Crippen molar-refractivity contribution in [3.8, 4) is 0 Å². The summed E-state index contributed by atoms with van der Waals surface area (Å²) in [7, 11) is 0. The number of benzene rings is 2. The van der Waals surface area contributed by atoms with E-state index in [2.05, 4.69) is 16.1 Å². The summed E-state index contributed by atoms with van der Waals surface area (Å²) in [6.07, 6.45) is 0.695. The SMILES string of the molecule is CCC(=O)NCCONCc1cc(C=O)c(Nc2ccc(C)cc2F)c(F)c1F. The Labute approximate surface area is 166 Å². The Balaban J connectivity index is 2.08. The van der Waals surface area contributed by atoms with E-state index in [1.54, 1.807) is 19.9 Å². The van der Waals surface area contributed by atoms with Gasteiger partial charge in [-0.1, -0.05) is 13.0 Å². The van der Waals surface area contributed by atoms with E-state index in [1.807, 2.05) is 0 Å². The molecule has 0 bridgehead atoms. The Hall–Kier alpha value is -2.91. The van der Waals surface area contributed by atoms with E-state index in [0.29, 0.717) is 18.3 Å². The first-order chi connectivity index (χ1) is 13.9. The second-order valence-corrected chi connectivity index (χ2v) is 6.23. The predicted molar refractivity (Wildman–Crippen MR) is 102 cm³/mol. The number of carbonyl (C=O) groups is 2. The lowest BCUT2D eigenvalue weighted by Crippen LogP contribution is -2.28. The Morgan fingerprint density at radius 2 is 1.93 bits per heavy atom. The Morgan fingerprint density at radius 3 is 2.59 bits per heavy atom. The maximum Gasteiger partial charge on any atom is 0.219 e.